The monoisotopic (exact) mass is 498 g/mol. The molecular formula is C26H30N2O6S. The van der Waals surface area contributed by atoms with E-state index in [0.717, 1.165) is 5.56 Å². The van der Waals surface area contributed by atoms with Crippen LogP contribution in [0.2, 0.25) is 0 Å². The van der Waals surface area contributed by atoms with Crippen LogP contribution in [0.1, 0.15) is 25.8 Å². The highest BCUT2D eigenvalue weighted by Gasteiger charge is 2.15. The molecule has 0 saturated heterocycles. The molecule has 0 radical (unpaired) electrons. The van der Waals surface area contributed by atoms with Gasteiger partial charge in [0.25, 0.3) is 10.0 Å². The largest absolute Gasteiger partial charge is 0.497 e. The van der Waals surface area contributed by atoms with Crippen molar-refractivity contribution in [2.75, 3.05) is 30.4 Å². The van der Waals surface area contributed by atoms with Crippen molar-refractivity contribution in [3.05, 3.63) is 72.3 Å². The van der Waals surface area contributed by atoms with Crippen LogP contribution in [0.4, 0.5) is 11.4 Å². The molecule has 0 aliphatic rings. The second-order valence-electron chi connectivity index (χ2n) is 7.55. The zero-order valence-corrected chi connectivity index (χ0v) is 20.9. The number of amides is 1. The van der Waals surface area contributed by atoms with E-state index in [9.17, 15) is 13.2 Å². The quantitative estimate of drug-likeness (QED) is 0.370. The van der Waals surface area contributed by atoms with Gasteiger partial charge in [-0.2, -0.15) is 0 Å². The Balaban J connectivity index is 1.57. The number of hydrogen-bond donors (Lipinski definition) is 2. The van der Waals surface area contributed by atoms with Crippen LogP contribution in [0.15, 0.2) is 71.6 Å². The number of hydrogen-bond acceptors (Lipinski definition) is 6. The summed E-state index contributed by atoms with van der Waals surface area (Å²) in [6.07, 6.45) is 0.787. The molecule has 2 N–H and O–H groups in total. The van der Waals surface area contributed by atoms with Crippen LogP contribution in [0.3, 0.4) is 0 Å². The van der Waals surface area contributed by atoms with Gasteiger partial charge >= 0.3 is 0 Å². The topological polar surface area (TPSA) is 103 Å². The Labute approximate surface area is 206 Å². The average Bonchev–Trinajstić information content (AvgIpc) is 2.85. The highest BCUT2D eigenvalue weighted by molar-refractivity contribution is 7.92. The first-order valence-electron chi connectivity index (χ1n) is 11.3. The number of aryl methyl sites for hydroxylation is 1. The second kappa shape index (κ2) is 12.1. The second-order valence-corrected chi connectivity index (χ2v) is 9.24. The van der Waals surface area contributed by atoms with Gasteiger partial charge in [-0.1, -0.05) is 6.07 Å². The predicted octanol–water partition coefficient (Wildman–Crippen LogP) is 4.86. The minimum absolute atomic E-state index is 0.0872. The van der Waals surface area contributed by atoms with E-state index < -0.39 is 10.0 Å². The number of ether oxygens (including phenoxy) is 3. The summed E-state index contributed by atoms with van der Waals surface area (Å²) < 4.78 is 44.1. The van der Waals surface area contributed by atoms with Gasteiger partial charge in [-0.25, -0.2) is 8.42 Å². The molecule has 0 aliphatic heterocycles. The van der Waals surface area contributed by atoms with Gasteiger partial charge in [-0.3, -0.25) is 9.52 Å². The molecule has 1 amide bonds. The van der Waals surface area contributed by atoms with Gasteiger partial charge in [0.2, 0.25) is 5.91 Å². The normalized spacial score (nSPS) is 10.9. The zero-order chi connectivity index (χ0) is 25.3. The first-order chi connectivity index (χ1) is 16.8. The van der Waals surface area contributed by atoms with Crippen molar-refractivity contribution in [2.24, 2.45) is 0 Å². The average molecular weight is 499 g/mol. The first-order valence-corrected chi connectivity index (χ1v) is 12.8. The third-order valence-electron chi connectivity index (χ3n) is 5.04. The summed E-state index contributed by atoms with van der Waals surface area (Å²) >= 11 is 0. The molecule has 3 aromatic rings. The molecular weight excluding hydrogens is 468 g/mol. The van der Waals surface area contributed by atoms with Crippen LogP contribution in [-0.2, 0) is 21.2 Å². The summed E-state index contributed by atoms with van der Waals surface area (Å²) in [5.74, 6) is 1.79. The van der Waals surface area contributed by atoms with Gasteiger partial charge in [-0.15, -0.1) is 0 Å². The fourth-order valence-electron chi connectivity index (χ4n) is 3.32. The summed E-state index contributed by atoms with van der Waals surface area (Å²) in [5.41, 5.74) is 1.89. The smallest absolute Gasteiger partial charge is 0.261 e. The maximum Gasteiger partial charge on any atom is 0.261 e. The summed E-state index contributed by atoms with van der Waals surface area (Å²) in [5, 5.41) is 2.80. The molecule has 9 heteroatoms. The van der Waals surface area contributed by atoms with Gasteiger partial charge < -0.3 is 19.5 Å². The van der Waals surface area contributed by atoms with Crippen LogP contribution < -0.4 is 24.2 Å². The van der Waals surface area contributed by atoms with Crippen molar-refractivity contribution in [3.63, 3.8) is 0 Å². The Bertz CT molecular complexity index is 1230. The van der Waals surface area contributed by atoms with Gasteiger partial charge in [0, 0.05) is 17.8 Å². The van der Waals surface area contributed by atoms with E-state index in [1.165, 1.54) is 19.2 Å². The fraction of sp³-hybridized carbons (Fsp3) is 0.269. The number of anilines is 2. The molecule has 0 heterocycles. The van der Waals surface area contributed by atoms with E-state index in [-0.39, 0.29) is 17.2 Å². The molecule has 0 unspecified atom stereocenters. The number of benzene rings is 3. The Morgan fingerprint density at radius 1 is 0.829 bits per heavy atom. The number of carbonyl (C=O) groups is 1. The zero-order valence-electron chi connectivity index (χ0n) is 20.0. The van der Waals surface area contributed by atoms with Crippen LogP contribution in [0, 0.1) is 0 Å². The number of nitrogens with one attached hydrogen (secondary N) is 2. The Kier molecular flexibility index (Phi) is 8.97. The fourth-order valence-corrected chi connectivity index (χ4v) is 4.38. The SMILES string of the molecule is CCOc1ccc(CCC(=O)Nc2ccc(S(=O)(=O)Nc3ccc(OC)cc3)cc2)cc1OCC. The number of sulfonamides is 1. The minimum atomic E-state index is -3.77. The standard InChI is InChI=1S/C26H30N2O6S/c1-4-33-24-16-6-19(18-25(24)34-5-2)7-17-26(29)27-20-10-14-23(15-11-20)35(30,31)28-21-8-12-22(32-3)13-9-21/h6,8-16,18,28H,4-5,7,17H2,1-3H3,(H,27,29). The van der Waals surface area contributed by atoms with Crippen molar-refractivity contribution in [3.8, 4) is 17.2 Å². The molecule has 3 aromatic carbocycles. The molecule has 0 aliphatic carbocycles. The molecule has 0 bridgehead atoms. The number of methoxy groups -OCH3 is 1. The van der Waals surface area contributed by atoms with E-state index in [4.69, 9.17) is 14.2 Å². The van der Waals surface area contributed by atoms with Crippen molar-refractivity contribution >= 4 is 27.3 Å². The third-order valence-corrected chi connectivity index (χ3v) is 6.44. The Morgan fingerprint density at radius 3 is 2.09 bits per heavy atom. The van der Waals surface area contributed by atoms with E-state index in [1.807, 2.05) is 32.0 Å². The van der Waals surface area contributed by atoms with E-state index in [2.05, 4.69) is 10.0 Å². The van der Waals surface area contributed by atoms with Crippen molar-refractivity contribution in [1.82, 2.24) is 0 Å². The Hall–Kier alpha value is -3.72. The van der Waals surface area contributed by atoms with Crippen LogP contribution in [0.5, 0.6) is 17.2 Å². The predicted molar refractivity (Wildman–Crippen MR) is 136 cm³/mol. The van der Waals surface area contributed by atoms with Gasteiger partial charge in [0.1, 0.15) is 5.75 Å². The minimum Gasteiger partial charge on any atom is -0.497 e. The highest BCUT2D eigenvalue weighted by atomic mass is 32.2. The molecule has 0 aromatic heterocycles. The van der Waals surface area contributed by atoms with Crippen molar-refractivity contribution in [1.29, 1.82) is 0 Å². The summed E-state index contributed by atoms with van der Waals surface area (Å²) in [7, 11) is -2.23. The molecule has 3 rings (SSSR count). The lowest BCUT2D eigenvalue weighted by Crippen LogP contribution is -2.14. The van der Waals surface area contributed by atoms with E-state index in [1.54, 1.807) is 36.4 Å². The van der Waals surface area contributed by atoms with Crippen molar-refractivity contribution < 1.29 is 27.4 Å². The number of carbonyl (C=O) groups excluding carboxylic acids is 1. The molecule has 0 saturated carbocycles. The van der Waals surface area contributed by atoms with Gasteiger partial charge in [-0.05, 0) is 86.5 Å². The van der Waals surface area contributed by atoms with Crippen LogP contribution in [0.25, 0.3) is 0 Å². The lowest BCUT2D eigenvalue weighted by atomic mass is 10.1. The van der Waals surface area contributed by atoms with Crippen molar-refractivity contribution in [2.45, 2.75) is 31.6 Å². The lowest BCUT2D eigenvalue weighted by molar-refractivity contribution is -0.116. The van der Waals surface area contributed by atoms with Gasteiger partial charge in [0.15, 0.2) is 11.5 Å². The third kappa shape index (κ3) is 7.38. The van der Waals surface area contributed by atoms with Crippen LogP contribution in [-0.4, -0.2) is 34.6 Å². The molecule has 0 spiro atoms. The molecule has 186 valence electrons. The maximum atomic E-state index is 12.6. The summed E-state index contributed by atoms with van der Waals surface area (Å²) in [4.78, 5) is 12.5. The Morgan fingerprint density at radius 2 is 1.46 bits per heavy atom. The first kappa shape index (κ1) is 25.9. The van der Waals surface area contributed by atoms with E-state index >= 15 is 0 Å². The summed E-state index contributed by atoms with van der Waals surface area (Å²) in [6, 6.07) is 18.2. The maximum absolute atomic E-state index is 12.6. The highest BCUT2D eigenvalue weighted by Crippen LogP contribution is 2.29. The lowest BCUT2D eigenvalue weighted by Gasteiger charge is -2.12. The molecule has 0 fully saturated rings. The number of rotatable bonds is 12. The van der Waals surface area contributed by atoms with Crippen LogP contribution >= 0.6 is 0 Å². The molecule has 8 nitrogen and oxygen atoms in total. The molecule has 35 heavy (non-hydrogen) atoms. The van der Waals surface area contributed by atoms with Gasteiger partial charge in [0.05, 0.1) is 25.2 Å². The van der Waals surface area contributed by atoms with E-state index in [0.29, 0.717) is 48.3 Å². The summed E-state index contributed by atoms with van der Waals surface area (Å²) in [6.45, 7) is 4.87. The molecule has 0 atom stereocenters.